The van der Waals surface area contributed by atoms with Gasteiger partial charge in [-0.25, -0.2) is 9.97 Å². The van der Waals surface area contributed by atoms with E-state index in [2.05, 4.69) is 48.1 Å². The highest BCUT2D eigenvalue weighted by Gasteiger charge is 2.13. The van der Waals surface area contributed by atoms with Crippen LogP contribution in [0, 0.1) is 0 Å². The van der Waals surface area contributed by atoms with E-state index in [0.29, 0.717) is 21.6 Å². The molecule has 0 bridgehead atoms. The van der Waals surface area contributed by atoms with Crippen molar-refractivity contribution >= 4 is 35.1 Å². The van der Waals surface area contributed by atoms with E-state index in [9.17, 15) is 4.79 Å². The van der Waals surface area contributed by atoms with Crippen molar-refractivity contribution in [1.82, 2.24) is 15.3 Å². The first kappa shape index (κ1) is 27.0. The maximum atomic E-state index is 12.8. The number of rotatable bonds is 13. The van der Waals surface area contributed by atoms with Crippen LogP contribution in [0.2, 0.25) is 5.15 Å². The van der Waals surface area contributed by atoms with Crippen molar-refractivity contribution in [1.29, 1.82) is 0 Å². The SMILES string of the molecule is CCCN(CCC)c1cc(Cl)nc(SCc2cccc(C(=O)NC(C)CCc3ccccc3)c2)n1. The minimum absolute atomic E-state index is 0.0477. The number of nitrogens with zero attached hydrogens (tertiary/aromatic N) is 3. The Hall–Kier alpha value is -2.57. The topological polar surface area (TPSA) is 58.1 Å². The number of anilines is 1. The molecule has 1 heterocycles. The van der Waals surface area contributed by atoms with E-state index in [-0.39, 0.29) is 11.9 Å². The Kier molecular flexibility index (Phi) is 10.9. The number of hydrogen-bond donors (Lipinski definition) is 1. The van der Waals surface area contributed by atoms with Crippen LogP contribution < -0.4 is 10.2 Å². The van der Waals surface area contributed by atoms with E-state index < -0.39 is 0 Å². The minimum atomic E-state index is -0.0477. The minimum Gasteiger partial charge on any atom is -0.356 e. The summed E-state index contributed by atoms with van der Waals surface area (Å²) in [7, 11) is 0. The predicted molar refractivity (Wildman–Crippen MR) is 148 cm³/mol. The molecule has 0 aliphatic heterocycles. The van der Waals surface area contributed by atoms with Crippen LogP contribution in [-0.4, -0.2) is 35.0 Å². The van der Waals surface area contributed by atoms with Crippen LogP contribution >= 0.6 is 23.4 Å². The zero-order chi connectivity index (χ0) is 25.0. The Morgan fingerprint density at radius 1 is 1.00 bits per heavy atom. The molecule has 186 valence electrons. The predicted octanol–water partition coefficient (Wildman–Crippen LogP) is 6.80. The molecule has 1 atom stereocenters. The van der Waals surface area contributed by atoms with Gasteiger partial charge >= 0.3 is 0 Å². The zero-order valence-corrected chi connectivity index (χ0v) is 22.4. The number of amides is 1. The van der Waals surface area contributed by atoms with Crippen molar-refractivity contribution in [3.8, 4) is 0 Å². The lowest BCUT2D eigenvalue weighted by molar-refractivity contribution is 0.0938. The summed E-state index contributed by atoms with van der Waals surface area (Å²) in [5.74, 6) is 1.48. The van der Waals surface area contributed by atoms with Gasteiger partial charge in [-0.15, -0.1) is 0 Å². The molecular formula is C28H35ClN4OS. The molecule has 2 aromatic carbocycles. The van der Waals surface area contributed by atoms with Gasteiger partial charge in [0.2, 0.25) is 0 Å². The Bertz CT molecular complexity index is 1070. The van der Waals surface area contributed by atoms with Crippen LogP contribution in [0.3, 0.4) is 0 Å². The Balaban J connectivity index is 1.58. The number of thioether (sulfide) groups is 1. The highest BCUT2D eigenvalue weighted by atomic mass is 35.5. The lowest BCUT2D eigenvalue weighted by atomic mass is 10.1. The summed E-state index contributed by atoms with van der Waals surface area (Å²) in [4.78, 5) is 24.2. The maximum absolute atomic E-state index is 12.8. The van der Waals surface area contributed by atoms with Crippen molar-refractivity contribution < 1.29 is 4.79 Å². The second-order valence-corrected chi connectivity index (χ2v) is 10.0. The molecular weight excluding hydrogens is 476 g/mol. The van der Waals surface area contributed by atoms with E-state index in [1.807, 2.05) is 48.5 Å². The number of carbonyl (C=O) groups excluding carboxylic acids is 1. The summed E-state index contributed by atoms with van der Waals surface area (Å²) < 4.78 is 0. The molecule has 7 heteroatoms. The van der Waals surface area contributed by atoms with E-state index in [0.717, 1.165) is 50.2 Å². The number of hydrogen-bond acceptors (Lipinski definition) is 5. The van der Waals surface area contributed by atoms with Crippen LogP contribution in [0.25, 0.3) is 0 Å². The van der Waals surface area contributed by atoms with Gasteiger partial charge in [-0.05, 0) is 55.9 Å². The van der Waals surface area contributed by atoms with E-state index in [1.54, 1.807) is 0 Å². The van der Waals surface area contributed by atoms with Gasteiger partial charge in [-0.1, -0.05) is 79.7 Å². The van der Waals surface area contributed by atoms with Crippen LogP contribution in [0.1, 0.15) is 61.5 Å². The van der Waals surface area contributed by atoms with Gasteiger partial charge in [0.1, 0.15) is 11.0 Å². The molecule has 0 aliphatic carbocycles. The summed E-state index contributed by atoms with van der Waals surface area (Å²) in [5, 5.41) is 4.22. The molecule has 0 radical (unpaired) electrons. The fourth-order valence-corrected chi connectivity index (χ4v) is 4.87. The number of nitrogens with one attached hydrogen (secondary N) is 1. The largest absolute Gasteiger partial charge is 0.356 e. The second-order valence-electron chi connectivity index (χ2n) is 8.71. The number of aryl methyl sites for hydroxylation is 1. The number of carbonyl (C=O) groups is 1. The standard InChI is InChI=1S/C28H35ClN4OS/c1-4-16-33(17-5-2)26-19-25(29)31-28(32-26)35-20-23-12-9-13-24(18-23)27(34)30-21(3)14-15-22-10-7-6-8-11-22/h6-13,18-19,21H,4-5,14-17,20H2,1-3H3,(H,30,34). The Morgan fingerprint density at radius 3 is 2.43 bits per heavy atom. The van der Waals surface area contributed by atoms with Crippen molar-refractivity contribution in [2.75, 3.05) is 18.0 Å². The molecule has 1 amide bonds. The van der Waals surface area contributed by atoms with Crippen molar-refractivity contribution in [3.63, 3.8) is 0 Å². The molecule has 1 unspecified atom stereocenters. The van der Waals surface area contributed by atoms with E-state index in [4.69, 9.17) is 16.6 Å². The number of halogens is 1. The highest BCUT2D eigenvalue weighted by Crippen LogP contribution is 2.25. The number of benzene rings is 2. The molecule has 0 spiro atoms. The first-order chi connectivity index (χ1) is 17.0. The van der Waals surface area contributed by atoms with Gasteiger partial charge in [0.05, 0.1) is 0 Å². The quantitative estimate of drug-likeness (QED) is 0.156. The van der Waals surface area contributed by atoms with Crippen LogP contribution in [0.4, 0.5) is 5.82 Å². The molecule has 1 aromatic heterocycles. The van der Waals surface area contributed by atoms with E-state index in [1.165, 1.54) is 17.3 Å². The first-order valence-electron chi connectivity index (χ1n) is 12.3. The third kappa shape index (κ3) is 8.86. The van der Waals surface area contributed by atoms with Gasteiger partial charge in [0.25, 0.3) is 5.91 Å². The zero-order valence-electron chi connectivity index (χ0n) is 20.8. The van der Waals surface area contributed by atoms with E-state index >= 15 is 0 Å². The number of aromatic nitrogens is 2. The molecule has 5 nitrogen and oxygen atoms in total. The Labute approximate surface area is 218 Å². The van der Waals surface area contributed by atoms with Gasteiger partial charge in [-0.2, -0.15) is 0 Å². The summed E-state index contributed by atoms with van der Waals surface area (Å²) in [6.07, 6.45) is 3.93. The molecule has 3 rings (SSSR count). The van der Waals surface area contributed by atoms with Crippen LogP contribution in [0.5, 0.6) is 0 Å². The van der Waals surface area contributed by atoms with Crippen LogP contribution in [-0.2, 0) is 12.2 Å². The van der Waals surface area contributed by atoms with Crippen molar-refractivity contribution in [2.45, 2.75) is 63.4 Å². The second kappa shape index (κ2) is 14.1. The average Bonchev–Trinajstić information content (AvgIpc) is 2.86. The molecule has 0 fully saturated rings. The Morgan fingerprint density at radius 2 is 1.71 bits per heavy atom. The lowest BCUT2D eigenvalue weighted by Gasteiger charge is -2.22. The monoisotopic (exact) mass is 510 g/mol. The smallest absolute Gasteiger partial charge is 0.251 e. The van der Waals surface area contributed by atoms with Crippen molar-refractivity contribution in [2.24, 2.45) is 0 Å². The molecule has 35 heavy (non-hydrogen) atoms. The third-order valence-electron chi connectivity index (χ3n) is 5.62. The summed E-state index contributed by atoms with van der Waals surface area (Å²) in [5.41, 5.74) is 3.00. The fourth-order valence-electron chi connectivity index (χ4n) is 3.85. The first-order valence-corrected chi connectivity index (χ1v) is 13.7. The molecule has 0 saturated heterocycles. The fraction of sp³-hybridized carbons (Fsp3) is 0.393. The van der Waals surface area contributed by atoms with Gasteiger partial charge in [0.15, 0.2) is 5.16 Å². The molecule has 0 saturated carbocycles. The lowest BCUT2D eigenvalue weighted by Crippen LogP contribution is -2.32. The molecule has 1 N–H and O–H groups in total. The highest BCUT2D eigenvalue weighted by molar-refractivity contribution is 7.98. The van der Waals surface area contributed by atoms with Gasteiger partial charge in [0, 0.05) is 36.5 Å². The molecule has 3 aromatic rings. The van der Waals surface area contributed by atoms with Crippen LogP contribution in [0.15, 0.2) is 65.8 Å². The third-order valence-corrected chi connectivity index (χ3v) is 6.73. The normalized spacial score (nSPS) is 11.8. The summed E-state index contributed by atoms with van der Waals surface area (Å²) in [6.45, 7) is 8.25. The van der Waals surface area contributed by atoms with Gasteiger partial charge in [-0.3, -0.25) is 4.79 Å². The van der Waals surface area contributed by atoms with Gasteiger partial charge < -0.3 is 10.2 Å². The maximum Gasteiger partial charge on any atom is 0.251 e. The summed E-state index contributed by atoms with van der Waals surface area (Å²) >= 11 is 7.84. The average molecular weight is 511 g/mol. The summed E-state index contributed by atoms with van der Waals surface area (Å²) in [6, 6.07) is 20.0. The molecule has 0 aliphatic rings. The van der Waals surface area contributed by atoms with Crippen molar-refractivity contribution in [3.05, 3.63) is 82.5 Å².